The number of aliphatic imine (C=N–C) groups is 1. The lowest BCUT2D eigenvalue weighted by Gasteiger charge is -2.40. The SMILES string of the molecule is C=C(CC)C(=C1C(C)=CCC1=NC)N1CCN(c2ccc(OC)c(OC)c2)CC1. The molecule has 5 heteroatoms. The first-order valence-electron chi connectivity index (χ1n) is 10.3. The highest BCUT2D eigenvalue weighted by Crippen LogP contribution is 2.34. The van der Waals surface area contributed by atoms with Gasteiger partial charge in [0.25, 0.3) is 0 Å². The highest BCUT2D eigenvalue weighted by molar-refractivity contribution is 6.08. The zero-order valence-corrected chi connectivity index (χ0v) is 18.4. The molecule has 0 bridgehead atoms. The molecular formula is C24H33N3O2. The van der Waals surface area contributed by atoms with Crippen LogP contribution in [0.5, 0.6) is 11.5 Å². The van der Waals surface area contributed by atoms with E-state index in [2.05, 4.69) is 53.4 Å². The van der Waals surface area contributed by atoms with Gasteiger partial charge in [0.1, 0.15) is 0 Å². The molecule has 0 spiro atoms. The molecule has 0 saturated carbocycles. The van der Waals surface area contributed by atoms with Crippen molar-refractivity contribution in [1.82, 2.24) is 4.90 Å². The maximum atomic E-state index is 5.48. The first-order chi connectivity index (χ1) is 14.0. The van der Waals surface area contributed by atoms with Gasteiger partial charge in [-0.1, -0.05) is 19.6 Å². The van der Waals surface area contributed by atoms with Gasteiger partial charge in [-0.3, -0.25) is 4.99 Å². The van der Waals surface area contributed by atoms with Gasteiger partial charge >= 0.3 is 0 Å². The molecule has 2 aliphatic rings. The summed E-state index contributed by atoms with van der Waals surface area (Å²) in [5.41, 5.74) is 7.42. The van der Waals surface area contributed by atoms with Gasteiger partial charge in [0, 0.05) is 68.4 Å². The van der Waals surface area contributed by atoms with Gasteiger partial charge in [-0.15, -0.1) is 0 Å². The summed E-state index contributed by atoms with van der Waals surface area (Å²) in [5, 5.41) is 0. The van der Waals surface area contributed by atoms with Gasteiger partial charge in [-0.25, -0.2) is 0 Å². The van der Waals surface area contributed by atoms with Crippen LogP contribution < -0.4 is 14.4 Å². The lowest BCUT2D eigenvalue weighted by Crippen LogP contribution is -2.46. The lowest BCUT2D eigenvalue weighted by molar-refractivity contribution is 0.323. The predicted octanol–water partition coefficient (Wildman–Crippen LogP) is 4.47. The maximum Gasteiger partial charge on any atom is 0.162 e. The predicted molar refractivity (Wildman–Crippen MR) is 122 cm³/mol. The van der Waals surface area contributed by atoms with Crippen molar-refractivity contribution in [2.45, 2.75) is 26.7 Å². The Morgan fingerprint density at radius 2 is 1.79 bits per heavy atom. The number of nitrogens with zero attached hydrogens (tertiary/aromatic N) is 3. The van der Waals surface area contributed by atoms with Crippen molar-refractivity contribution in [3.8, 4) is 11.5 Å². The minimum absolute atomic E-state index is 0.760. The molecule has 1 aromatic carbocycles. The third-order valence-corrected chi connectivity index (χ3v) is 5.88. The molecule has 1 fully saturated rings. The van der Waals surface area contributed by atoms with E-state index in [0.29, 0.717) is 0 Å². The van der Waals surface area contributed by atoms with E-state index in [1.807, 2.05) is 13.1 Å². The Morgan fingerprint density at radius 1 is 1.10 bits per heavy atom. The van der Waals surface area contributed by atoms with E-state index in [4.69, 9.17) is 9.47 Å². The molecule has 0 atom stereocenters. The highest BCUT2D eigenvalue weighted by Gasteiger charge is 2.27. The van der Waals surface area contributed by atoms with Crippen LogP contribution in [0.4, 0.5) is 5.69 Å². The Hall–Kier alpha value is -2.69. The number of hydrogen-bond acceptors (Lipinski definition) is 5. The molecule has 0 N–H and O–H groups in total. The fourth-order valence-electron chi connectivity index (χ4n) is 4.14. The maximum absolute atomic E-state index is 5.48. The summed E-state index contributed by atoms with van der Waals surface area (Å²) in [5.74, 6) is 1.53. The molecule has 29 heavy (non-hydrogen) atoms. The van der Waals surface area contributed by atoms with E-state index in [1.54, 1.807) is 14.2 Å². The van der Waals surface area contributed by atoms with Crippen LogP contribution in [-0.4, -0.2) is 58.1 Å². The van der Waals surface area contributed by atoms with Crippen LogP contribution in [0.1, 0.15) is 26.7 Å². The van der Waals surface area contributed by atoms with E-state index in [9.17, 15) is 0 Å². The number of allylic oxidation sites excluding steroid dienone is 4. The fraction of sp³-hybridized carbons (Fsp3) is 0.458. The number of ether oxygens (including phenoxy) is 2. The number of anilines is 1. The van der Waals surface area contributed by atoms with Gasteiger partial charge < -0.3 is 19.3 Å². The van der Waals surface area contributed by atoms with Crippen molar-refractivity contribution in [2.75, 3.05) is 52.3 Å². The molecule has 0 radical (unpaired) electrons. The smallest absolute Gasteiger partial charge is 0.162 e. The van der Waals surface area contributed by atoms with Crippen LogP contribution in [0.3, 0.4) is 0 Å². The van der Waals surface area contributed by atoms with Crippen LogP contribution in [0.2, 0.25) is 0 Å². The number of hydrogen-bond donors (Lipinski definition) is 0. The summed E-state index contributed by atoms with van der Waals surface area (Å²) in [6.45, 7) is 12.6. The number of benzene rings is 1. The molecule has 0 unspecified atom stereocenters. The molecule has 156 valence electrons. The van der Waals surface area contributed by atoms with Gasteiger partial charge in [-0.05, 0) is 36.6 Å². The average Bonchev–Trinajstić information content (AvgIpc) is 3.13. The Balaban J connectivity index is 1.83. The van der Waals surface area contributed by atoms with Gasteiger partial charge in [0.05, 0.1) is 14.2 Å². The molecule has 5 nitrogen and oxygen atoms in total. The first kappa shape index (κ1) is 21.0. The highest BCUT2D eigenvalue weighted by atomic mass is 16.5. The summed E-state index contributed by atoms with van der Waals surface area (Å²) >= 11 is 0. The Labute approximate surface area is 175 Å². The molecule has 0 amide bonds. The van der Waals surface area contributed by atoms with E-state index < -0.39 is 0 Å². The van der Waals surface area contributed by atoms with Crippen LogP contribution in [0.25, 0.3) is 0 Å². The Kier molecular flexibility index (Phi) is 6.68. The Bertz CT molecular complexity index is 859. The zero-order chi connectivity index (χ0) is 21.0. The quantitative estimate of drug-likeness (QED) is 0.712. The van der Waals surface area contributed by atoms with Crippen LogP contribution >= 0.6 is 0 Å². The molecule has 1 aromatic rings. The molecule has 3 rings (SSSR count). The summed E-state index contributed by atoms with van der Waals surface area (Å²) in [4.78, 5) is 9.45. The molecule has 1 aliphatic carbocycles. The topological polar surface area (TPSA) is 37.3 Å². The second-order valence-corrected chi connectivity index (χ2v) is 7.46. The number of methoxy groups -OCH3 is 2. The summed E-state index contributed by atoms with van der Waals surface area (Å²) in [6, 6.07) is 6.14. The van der Waals surface area contributed by atoms with Gasteiger partial charge in [0.15, 0.2) is 11.5 Å². The minimum Gasteiger partial charge on any atom is -0.493 e. The lowest BCUT2D eigenvalue weighted by atomic mass is 9.98. The van der Waals surface area contributed by atoms with Crippen molar-refractivity contribution < 1.29 is 9.47 Å². The average molecular weight is 396 g/mol. The van der Waals surface area contributed by atoms with Crippen LogP contribution in [0, 0.1) is 0 Å². The van der Waals surface area contributed by atoms with Crippen molar-refractivity contribution >= 4 is 11.4 Å². The summed E-state index contributed by atoms with van der Waals surface area (Å²) < 4.78 is 10.8. The molecule has 0 aromatic heterocycles. The van der Waals surface area contributed by atoms with Crippen LogP contribution in [0.15, 0.2) is 58.3 Å². The third kappa shape index (κ3) is 4.19. The van der Waals surface area contributed by atoms with E-state index in [-0.39, 0.29) is 0 Å². The second kappa shape index (κ2) is 9.21. The van der Waals surface area contributed by atoms with Crippen molar-refractivity contribution in [3.05, 3.63) is 53.3 Å². The first-order valence-corrected chi connectivity index (χ1v) is 10.3. The standard InChI is InChI=1S/C24H33N3O2/c1-7-17(2)24(23-18(3)8-10-20(23)25-4)27-14-12-26(13-15-27)19-9-11-21(28-5)22(16-19)29-6/h8-9,11,16H,2,7,10,12-15H2,1,3-6H3. The monoisotopic (exact) mass is 395 g/mol. The van der Waals surface area contributed by atoms with Gasteiger partial charge in [0.2, 0.25) is 0 Å². The number of piperazine rings is 1. The molecule has 1 heterocycles. The van der Waals surface area contributed by atoms with Crippen molar-refractivity contribution in [2.24, 2.45) is 4.99 Å². The third-order valence-electron chi connectivity index (χ3n) is 5.88. The van der Waals surface area contributed by atoms with Crippen molar-refractivity contribution in [1.29, 1.82) is 0 Å². The minimum atomic E-state index is 0.760. The molecular weight excluding hydrogens is 362 g/mol. The Morgan fingerprint density at radius 3 is 2.38 bits per heavy atom. The largest absolute Gasteiger partial charge is 0.493 e. The second-order valence-electron chi connectivity index (χ2n) is 7.46. The van der Waals surface area contributed by atoms with E-state index >= 15 is 0 Å². The fourth-order valence-corrected chi connectivity index (χ4v) is 4.14. The normalized spacial score (nSPS) is 20.0. The van der Waals surface area contributed by atoms with Crippen molar-refractivity contribution in [3.63, 3.8) is 0 Å². The zero-order valence-electron chi connectivity index (χ0n) is 18.4. The molecule has 1 aliphatic heterocycles. The van der Waals surface area contributed by atoms with E-state index in [1.165, 1.54) is 33.8 Å². The van der Waals surface area contributed by atoms with Crippen LogP contribution in [-0.2, 0) is 0 Å². The summed E-state index contributed by atoms with van der Waals surface area (Å²) in [7, 11) is 5.24. The summed E-state index contributed by atoms with van der Waals surface area (Å²) in [6.07, 6.45) is 4.14. The van der Waals surface area contributed by atoms with Gasteiger partial charge in [-0.2, -0.15) is 0 Å². The number of rotatable bonds is 6. The van der Waals surface area contributed by atoms with E-state index in [0.717, 1.165) is 50.5 Å². The molecule has 1 saturated heterocycles.